The summed E-state index contributed by atoms with van der Waals surface area (Å²) in [6.45, 7) is 1.62. The Morgan fingerprint density at radius 2 is 2.15 bits per heavy atom. The summed E-state index contributed by atoms with van der Waals surface area (Å²) in [5, 5.41) is 11.5. The number of hydrogen-bond donors (Lipinski definition) is 1. The SMILES string of the molecule is CC(Cl)C(=O)Nc1nnc(CCSc2ccccc2)s1. The van der Waals surface area contributed by atoms with Crippen LogP contribution in [0.3, 0.4) is 0 Å². The fraction of sp³-hybridized carbons (Fsp3) is 0.308. The molecule has 0 aliphatic rings. The maximum Gasteiger partial charge on any atom is 0.243 e. The van der Waals surface area contributed by atoms with Crippen LogP contribution in [-0.2, 0) is 11.2 Å². The van der Waals surface area contributed by atoms with E-state index in [9.17, 15) is 4.79 Å². The second-order valence-corrected chi connectivity index (χ2v) is 6.90. The van der Waals surface area contributed by atoms with Crippen molar-refractivity contribution in [2.45, 2.75) is 23.6 Å². The first-order chi connectivity index (χ1) is 9.65. The highest BCUT2D eigenvalue weighted by molar-refractivity contribution is 7.99. The number of anilines is 1. The lowest BCUT2D eigenvalue weighted by molar-refractivity contribution is -0.115. The maximum atomic E-state index is 11.4. The summed E-state index contributed by atoms with van der Waals surface area (Å²) in [5.74, 6) is 0.673. The number of nitrogens with one attached hydrogen (secondary N) is 1. The van der Waals surface area contributed by atoms with Gasteiger partial charge in [-0.05, 0) is 19.1 Å². The molecule has 0 aliphatic heterocycles. The van der Waals surface area contributed by atoms with Crippen molar-refractivity contribution in [3.63, 3.8) is 0 Å². The third-order valence-electron chi connectivity index (χ3n) is 2.39. The van der Waals surface area contributed by atoms with Crippen LogP contribution in [0.4, 0.5) is 5.13 Å². The molecule has 1 aromatic heterocycles. The van der Waals surface area contributed by atoms with Gasteiger partial charge in [-0.3, -0.25) is 10.1 Å². The average Bonchev–Trinajstić information content (AvgIpc) is 2.87. The number of hydrogen-bond acceptors (Lipinski definition) is 5. The Balaban J connectivity index is 1.80. The summed E-state index contributed by atoms with van der Waals surface area (Å²) < 4.78 is 0. The Morgan fingerprint density at radius 1 is 1.40 bits per heavy atom. The highest BCUT2D eigenvalue weighted by atomic mass is 35.5. The zero-order chi connectivity index (χ0) is 14.4. The summed E-state index contributed by atoms with van der Waals surface area (Å²) >= 11 is 8.84. The Labute approximate surface area is 130 Å². The summed E-state index contributed by atoms with van der Waals surface area (Å²) in [4.78, 5) is 12.6. The fourth-order valence-corrected chi connectivity index (χ4v) is 3.19. The Hall–Kier alpha value is -1.11. The molecule has 106 valence electrons. The van der Waals surface area contributed by atoms with Gasteiger partial charge in [-0.2, -0.15) is 0 Å². The van der Waals surface area contributed by atoms with Crippen LogP contribution in [0.15, 0.2) is 35.2 Å². The van der Waals surface area contributed by atoms with Crippen molar-refractivity contribution in [3.8, 4) is 0 Å². The van der Waals surface area contributed by atoms with Crippen molar-refractivity contribution in [2.24, 2.45) is 0 Å². The van der Waals surface area contributed by atoms with E-state index in [4.69, 9.17) is 11.6 Å². The molecule has 0 radical (unpaired) electrons. The number of aryl methyl sites for hydroxylation is 1. The van der Waals surface area contributed by atoms with Gasteiger partial charge in [0, 0.05) is 17.1 Å². The number of nitrogens with zero attached hydrogens (tertiary/aromatic N) is 2. The average molecular weight is 328 g/mol. The Bertz CT molecular complexity index is 560. The molecule has 1 N–H and O–H groups in total. The summed E-state index contributed by atoms with van der Waals surface area (Å²) in [7, 11) is 0. The standard InChI is InChI=1S/C13H14ClN3OS2/c1-9(14)12(18)15-13-17-16-11(20-13)7-8-19-10-5-3-2-4-6-10/h2-6,9H,7-8H2,1H3,(H,15,17,18). The monoisotopic (exact) mass is 327 g/mol. The fourth-order valence-electron chi connectivity index (χ4n) is 1.38. The molecule has 1 aromatic carbocycles. The highest BCUT2D eigenvalue weighted by Crippen LogP contribution is 2.21. The van der Waals surface area contributed by atoms with Gasteiger partial charge >= 0.3 is 0 Å². The molecule has 20 heavy (non-hydrogen) atoms. The van der Waals surface area contributed by atoms with Gasteiger partial charge < -0.3 is 0 Å². The smallest absolute Gasteiger partial charge is 0.243 e. The van der Waals surface area contributed by atoms with Gasteiger partial charge in [-0.25, -0.2) is 0 Å². The van der Waals surface area contributed by atoms with E-state index in [-0.39, 0.29) is 5.91 Å². The number of alkyl halides is 1. The predicted molar refractivity (Wildman–Crippen MR) is 84.7 cm³/mol. The first kappa shape index (κ1) is 15.3. The lowest BCUT2D eigenvalue weighted by Crippen LogP contribution is -2.20. The first-order valence-corrected chi connectivity index (χ1v) is 8.34. The predicted octanol–water partition coefficient (Wildman–Crippen LogP) is 3.44. The Morgan fingerprint density at radius 3 is 2.85 bits per heavy atom. The van der Waals surface area contributed by atoms with E-state index in [2.05, 4.69) is 27.6 Å². The lowest BCUT2D eigenvalue weighted by Gasteiger charge is -2.00. The summed E-state index contributed by atoms with van der Waals surface area (Å²) in [6.07, 6.45) is 0.823. The van der Waals surface area contributed by atoms with Crippen LogP contribution >= 0.6 is 34.7 Å². The number of carbonyl (C=O) groups is 1. The second kappa shape index (κ2) is 7.61. The van der Waals surface area contributed by atoms with E-state index in [1.165, 1.54) is 16.2 Å². The van der Waals surface area contributed by atoms with Gasteiger partial charge in [0.05, 0.1) is 0 Å². The van der Waals surface area contributed by atoms with E-state index in [0.29, 0.717) is 5.13 Å². The molecule has 0 bridgehead atoms. The second-order valence-electron chi connectivity index (χ2n) is 4.02. The van der Waals surface area contributed by atoms with Crippen molar-refractivity contribution in [2.75, 3.05) is 11.1 Å². The van der Waals surface area contributed by atoms with Gasteiger partial charge in [0.25, 0.3) is 0 Å². The zero-order valence-corrected chi connectivity index (χ0v) is 13.3. The summed E-state index contributed by atoms with van der Waals surface area (Å²) in [6, 6.07) is 10.2. The van der Waals surface area contributed by atoms with Gasteiger partial charge in [-0.1, -0.05) is 29.5 Å². The van der Waals surface area contributed by atoms with Gasteiger partial charge in [0.1, 0.15) is 10.4 Å². The number of rotatable bonds is 6. The molecule has 1 unspecified atom stereocenters. The molecule has 1 atom stereocenters. The molecule has 2 aromatic rings. The van der Waals surface area contributed by atoms with E-state index >= 15 is 0 Å². The van der Waals surface area contributed by atoms with E-state index < -0.39 is 5.38 Å². The minimum absolute atomic E-state index is 0.256. The van der Waals surface area contributed by atoms with Gasteiger partial charge in [-0.15, -0.1) is 33.6 Å². The third kappa shape index (κ3) is 4.77. The minimum atomic E-state index is -0.573. The zero-order valence-electron chi connectivity index (χ0n) is 10.9. The van der Waals surface area contributed by atoms with Crippen LogP contribution in [0.25, 0.3) is 0 Å². The van der Waals surface area contributed by atoms with Gasteiger partial charge in [0.2, 0.25) is 11.0 Å². The van der Waals surface area contributed by atoms with Crippen LogP contribution in [0.1, 0.15) is 11.9 Å². The van der Waals surface area contributed by atoms with Crippen molar-refractivity contribution in [3.05, 3.63) is 35.3 Å². The molecule has 4 nitrogen and oxygen atoms in total. The molecule has 1 heterocycles. The molecule has 0 aliphatic carbocycles. The lowest BCUT2D eigenvalue weighted by atomic mass is 10.4. The molecular formula is C13H14ClN3OS2. The number of benzene rings is 1. The maximum absolute atomic E-state index is 11.4. The van der Waals surface area contributed by atoms with E-state index in [1.54, 1.807) is 18.7 Å². The van der Waals surface area contributed by atoms with E-state index in [0.717, 1.165) is 17.2 Å². The first-order valence-electron chi connectivity index (χ1n) is 6.10. The normalized spacial score (nSPS) is 12.1. The molecule has 0 fully saturated rings. The van der Waals surface area contributed by atoms with Crippen molar-refractivity contribution < 1.29 is 4.79 Å². The van der Waals surface area contributed by atoms with Crippen LogP contribution in [0, 0.1) is 0 Å². The van der Waals surface area contributed by atoms with Gasteiger partial charge in [0.15, 0.2) is 0 Å². The van der Waals surface area contributed by atoms with Crippen LogP contribution in [-0.4, -0.2) is 27.2 Å². The number of thioether (sulfide) groups is 1. The largest absolute Gasteiger partial charge is 0.299 e. The molecule has 0 spiro atoms. The quantitative estimate of drug-likeness (QED) is 0.652. The molecule has 2 rings (SSSR count). The van der Waals surface area contributed by atoms with Crippen molar-refractivity contribution in [1.82, 2.24) is 10.2 Å². The molecule has 0 saturated heterocycles. The number of carbonyl (C=O) groups excluding carboxylic acids is 1. The number of halogens is 1. The highest BCUT2D eigenvalue weighted by Gasteiger charge is 2.12. The molecule has 7 heteroatoms. The molecule has 1 amide bonds. The van der Waals surface area contributed by atoms with Crippen molar-refractivity contribution >= 4 is 45.7 Å². The van der Waals surface area contributed by atoms with Crippen LogP contribution < -0.4 is 5.32 Å². The molecule has 0 saturated carbocycles. The summed E-state index contributed by atoms with van der Waals surface area (Å²) in [5.41, 5.74) is 0. The number of aromatic nitrogens is 2. The van der Waals surface area contributed by atoms with Crippen LogP contribution in [0.2, 0.25) is 0 Å². The minimum Gasteiger partial charge on any atom is -0.299 e. The van der Waals surface area contributed by atoms with Crippen LogP contribution in [0.5, 0.6) is 0 Å². The Kier molecular flexibility index (Phi) is 5.82. The van der Waals surface area contributed by atoms with Crippen molar-refractivity contribution in [1.29, 1.82) is 0 Å². The number of amides is 1. The van der Waals surface area contributed by atoms with E-state index in [1.807, 2.05) is 18.2 Å². The molecular weight excluding hydrogens is 314 g/mol. The third-order valence-corrected chi connectivity index (χ3v) is 4.50. The topological polar surface area (TPSA) is 54.9 Å².